The molecule has 3 aromatic rings. The highest BCUT2D eigenvalue weighted by atomic mass is 16.2. The molecule has 0 aliphatic carbocycles. The van der Waals surface area contributed by atoms with Crippen LogP contribution in [0.2, 0.25) is 0 Å². The van der Waals surface area contributed by atoms with E-state index in [1.165, 1.54) is 5.56 Å². The molecule has 3 aromatic heterocycles. The number of carbonyl (C=O) groups excluding carboxylic acids is 1. The molecule has 1 aliphatic rings. The topological polar surface area (TPSA) is 92.8 Å². The summed E-state index contributed by atoms with van der Waals surface area (Å²) in [4.78, 5) is 22.5. The molecular formula is C18H22N6O. The van der Waals surface area contributed by atoms with Gasteiger partial charge in [-0.3, -0.25) is 9.48 Å². The molecule has 130 valence electrons. The van der Waals surface area contributed by atoms with E-state index in [-0.39, 0.29) is 5.91 Å². The molecule has 1 fully saturated rings. The van der Waals surface area contributed by atoms with Crippen molar-refractivity contribution in [3.8, 4) is 0 Å². The molecule has 0 spiro atoms. The zero-order chi connectivity index (χ0) is 17.4. The molecule has 0 saturated carbocycles. The van der Waals surface area contributed by atoms with Crippen molar-refractivity contribution >= 4 is 16.9 Å². The smallest absolute Gasteiger partial charge is 0.272 e. The number of fused-ring (bicyclic) bond motifs is 1. The van der Waals surface area contributed by atoms with Crippen molar-refractivity contribution in [1.29, 1.82) is 0 Å². The molecule has 4 heterocycles. The Bertz CT molecular complexity index is 911. The van der Waals surface area contributed by atoms with Crippen LogP contribution >= 0.6 is 0 Å². The first-order chi connectivity index (χ1) is 12.2. The van der Waals surface area contributed by atoms with Crippen LogP contribution in [0.15, 0.2) is 30.6 Å². The maximum absolute atomic E-state index is 12.9. The lowest BCUT2D eigenvalue weighted by Crippen LogP contribution is -2.39. The third kappa shape index (κ3) is 2.80. The Morgan fingerprint density at radius 1 is 1.48 bits per heavy atom. The number of hydrogen-bond donors (Lipinski definition) is 2. The summed E-state index contributed by atoms with van der Waals surface area (Å²) in [6.45, 7) is 1.83. The molecule has 3 N–H and O–H groups in total. The lowest BCUT2D eigenvalue weighted by molar-refractivity contribution is 0.0696. The highest BCUT2D eigenvalue weighted by Gasteiger charge is 2.28. The van der Waals surface area contributed by atoms with Crippen molar-refractivity contribution in [2.45, 2.75) is 25.3 Å². The van der Waals surface area contributed by atoms with E-state index in [2.05, 4.69) is 21.1 Å². The van der Waals surface area contributed by atoms with Crippen molar-refractivity contribution in [3.63, 3.8) is 0 Å². The number of likely N-dealkylation sites (tertiary alicyclic amines) is 1. The average Bonchev–Trinajstić information content (AvgIpc) is 3.24. The van der Waals surface area contributed by atoms with Gasteiger partial charge in [0.05, 0.1) is 5.69 Å². The molecule has 7 heteroatoms. The summed E-state index contributed by atoms with van der Waals surface area (Å²) in [5.74, 6) is 0.343. The van der Waals surface area contributed by atoms with Gasteiger partial charge in [0, 0.05) is 50.4 Å². The van der Waals surface area contributed by atoms with Crippen LogP contribution < -0.4 is 5.73 Å². The number of nitrogens with zero attached hydrogens (tertiary/aromatic N) is 4. The molecule has 0 aromatic carbocycles. The van der Waals surface area contributed by atoms with Crippen LogP contribution in [0.1, 0.15) is 40.5 Å². The molecule has 0 bridgehead atoms. The number of pyridine rings is 1. The second-order valence-electron chi connectivity index (χ2n) is 6.58. The summed E-state index contributed by atoms with van der Waals surface area (Å²) in [5.41, 5.74) is 9.12. The number of carbonyl (C=O) groups is 1. The number of piperidine rings is 1. The van der Waals surface area contributed by atoms with Gasteiger partial charge in [-0.1, -0.05) is 0 Å². The van der Waals surface area contributed by atoms with Gasteiger partial charge in [0.25, 0.3) is 5.91 Å². The summed E-state index contributed by atoms with van der Waals surface area (Å²) in [6.07, 6.45) is 5.89. The molecule has 0 radical (unpaired) electrons. The fourth-order valence-corrected chi connectivity index (χ4v) is 3.72. The number of H-pyrrole nitrogens is 1. The zero-order valence-electron chi connectivity index (χ0n) is 14.3. The normalized spacial score (nSPS) is 18.0. The van der Waals surface area contributed by atoms with Crippen molar-refractivity contribution in [2.75, 3.05) is 13.1 Å². The quantitative estimate of drug-likeness (QED) is 0.761. The van der Waals surface area contributed by atoms with Gasteiger partial charge in [0.15, 0.2) is 0 Å². The molecule has 1 atom stereocenters. The first-order valence-corrected chi connectivity index (χ1v) is 8.61. The molecule has 7 nitrogen and oxygen atoms in total. The standard InChI is InChI=1S/C18H22N6O/c1-23-16(8-13(9-19)22-23)18(25)24-7-3-4-12(11-24)15-10-21-17-14(15)5-2-6-20-17/h2,5-6,8,10,12H,3-4,7,9,11,19H2,1H3,(H,20,21). The minimum absolute atomic E-state index is 0.0253. The monoisotopic (exact) mass is 338 g/mol. The molecule has 4 rings (SSSR count). The fourth-order valence-electron chi connectivity index (χ4n) is 3.72. The Balaban J connectivity index is 1.58. The average molecular weight is 338 g/mol. The maximum atomic E-state index is 12.9. The van der Waals surface area contributed by atoms with Crippen molar-refractivity contribution in [3.05, 3.63) is 47.5 Å². The second kappa shape index (κ2) is 6.33. The van der Waals surface area contributed by atoms with E-state index >= 15 is 0 Å². The van der Waals surface area contributed by atoms with Gasteiger partial charge in [0.2, 0.25) is 0 Å². The summed E-state index contributed by atoms with van der Waals surface area (Å²) in [5, 5.41) is 5.43. The minimum atomic E-state index is 0.0253. The molecule has 1 amide bonds. The van der Waals surface area contributed by atoms with Crippen molar-refractivity contribution in [2.24, 2.45) is 12.8 Å². The SMILES string of the molecule is Cn1nc(CN)cc1C(=O)N1CCCC(c2c[nH]c3ncccc23)C1. The highest BCUT2D eigenvalue weighted by molar-refractivity contribution is 5.93. The zero-order valence-corrected chi connectivity index (χ0v) is 14.3. The summed E-state index contributed by atoms with van der Waals surface area (Å²) in [6, 6.07) is 5.83. The van der Waals surface area contributed by atoms with Gasteiger partial charge >= 0.3 is 0 Å². The maximum Gasteiger partial charge on any atom is 0.272 e. The van der Waals surface area contributed by atoms with Crippen LogP contribution in [-0.2, 0) is 13.6 Å². The van der Waals surface area contributed by atoms with Crippen LogP contribution in [0.5, 0.6) is 0 Å². The van der Waals surface area contributed by atoms with E-state index in [1.54, 1.807) is 24.0 Å². The van der Waals surface area contributed by atoms with Gasteiger partial charge in [-0.05, 0) is 36.6 Å². The highest BCUT2D eigenvalue weighted by Crippen LogP contribution is 2.32. The summed E-state index contributed by atoms with van der Waals surface area (Å²) < 4.78 is 1.63. The van der Waals surface area contributed by atoms with Crippen LogP contribution in [0.25, 0.3) is 11.0 Å². The van der Waals surface area contributed by atoms with E-state index in [1.807, 2.05) is 17.2 Å². The van der Waals surface area contributed by atoms with Crippen molar-refractivity contribution < 1.29 is 4.79 Å². The molecule has 1 aliphatic heterocycles. The molecular weight excluding hydrogens is 316 g/mol. The number of aromatic nitrogens is 4. The predicted molar refractivity (Wildman–Crippen MR) is 95.1 cm³/mol. The number of hydrogen-bond acceptors (Lipinski definition) is 4. The number of aryl methyl sites for hydroxylation is 1. The predicted octanol–water partition coefficient (Wildman–Crippen LogP) is 1.77. The summed E-state index contributed by atoms with van der Waals surface area (Å²) >= 11 is 0. The first kappa shape index (κ1) is 15.8. The minimum Gasteiger partial charge on any atom is -0.346 e. The largest absolute Gasteiger partial charge is 0.346 e. The number of nitrogens with two attached hydrogens (primary N) is 1. The Labute approximate surface area is 145 Å². The third-order valence-corrected chi connectivity index (χ3v) is 4.99. The number of rotatable bonds is 3. The number of amides is 1. The molecule has 1 saturated heterocycles. The first-order valence-electron chi connectivity index (χ1n) is 8.61. The van der Waals surface area contributed by atoms with Crippen LogP contribution in [-0.4, -0.2) is 43.6 Å². The Hall–Kier alpha value is -2.67. The van der Waals surface area contributed by atoms with Gasteiger partial charge in [0.1, 0.15) is 11.3 Å². The fraction of sp³-hybridized carbons (Fsp3) is 0.389. The number of aromatic amines is 1. The Morgan fingerprint density at radius 3 is 3.16 bits per heavy atom. The van der Waals surface area contributed by atoms with Gasteiger partial charge in [-0.15, -0.1) is 0 Å². The number of nitrogens with one attached hydrogen (secondary N) is 1. The van der Waals surface area contributed by atoms with E-state index in [4.69, 9.17) is 5.73 Å². The lowest BCUT2D eigenvalue weighted by Gasteiger charge is -2.32. The van der Waals surface area contributed by atoms with Gasteiger partial charge < -0.3 is 15.6 Å². The van der Waals surface area contributed by atoms with Crippen molar-refractivity contribution in [1.82, 2.24) is 24.6 Å². The van der Waals surface area contributed by atoms with E-state index in [0.717, 1.165) is 36.1 Å². The van der Waals surface area contributed by atoms with Gasteiger partial charge in [-0.25, -0.2) is 4.98 Å². The van der Waals surface area contributed by atoms with Crippen LogP contribution in [0, 0.1) is 0 Å². The summed E-state index contributed by atoms with van der Waals surface area (Å²) in [7, 11) is 1.79. The molecule has 25 heavy (non-hydrogen) atoms. The Morgan fingerprint density at radius 2 is 2.36 bits per heavy atom. The van der Waals surface area contributed by atoms with Gasteiger partial charge in [-0.2, -0.15) is 5.10 Å². The second-order valence-corrected chi connectivity index (χ2v) is 6.58. The van der Waals surface area contributed by atoms with E-state index < -0.39 is 0 Å². The van der Waals surface area contributed by atoms with Crippen LogP contribution in [0.3, 0.4) is 0 Å². The van der Waals surface area contributed by atoms with E-state index in [0.29, 0.717) is 24.7 Å². The molecule has 1 unspecified atom stereocenters. The lowest BCUT2D eigenvalue weighted by atomic mass is 9.90. The van der Waals surface area contributed by atoms with Crippen LogP contribution in [0.4, 0.5) is 0 Å². The van der Waals surface area contributed by atoms with E-state index in [9.17, 15) is 4.79 Å². The Kier molecular flexibility index (Phi) is 4.01. The third-order valence-electron chi connectivity index (χ3n) is 4.99.